The molecule has 1 aliphatic rings. The predicted molar refractivity (Wildman–Crippen MR) is 86.2 cm³/mol. The van der Waals surface area contributed by atoms with Crippen LogP contribution >= 0.6 is 15.9 Å². The summed E-state index contributed by atoms with van der Waals surface area (Å²) in [4.78, 5) is 14.4. The van der Waals surface area contributed by atoms with E-state index in [1.54, 1.807) is 0 Å². The molecule has 0 radical (unpaired) electrons. The van der Waals surface area contributed by atoms with Crippen molar-refractivity contribution >= 4 is 21.8 Å². The first-order chi connectivity index (χ1) is 9.41. The zero-order valence-electron chi connectivity index (χ0n) is 13.2. The quantitative estimate of drug-likeness (QED) is 0.717. The van der Waals surface area contributed by atoms with Gasteiger partial charge in [0.15, 0.2) is 0 Å². The van der Waals surface area contributed by atoms with Gasteiger partial charge in [-0.05, 0) is 18.3 Å². The van der Waals surface area contributed by atoms with E-state index < -0.39 is 0 Å². The van der Waals surface area contributed by atoms with Crippen molar-refractivity contribution in [3.05, 3.63) is 0 Å². The maximum Gasteiger partial charge on any atom is 0.234 e. The number of morpholine rings is 1. The first-order valence-corrected chi connectivity index (χ1v) is 8.57. The summed E-state index contributed by atoms with van der Waals surface area (Å²) in [6.07, 6.45) is 1.11. The third-order valence-electron chi connectivity index (χ3n) is 3.65. The van der Waals surface area contributed by atoms with E-state index in [0.717, 1.165) is 39.3 Å². The number of nitrogens with zero attached hydrogens (tertiary/aromatic N) is 1. The van der Waals surface area contributed by atoms with Crippen LogP contribution in [0.15, 0.2) is 0 Å². The van der Waals surface area contributed by atoms with Crippen molar-refractivity contribution in [2.24, 2.45) is 11.8 Å². The van der Waals surface area contributed by atoms with Crippen LogP contribution in [0.1, 0.15) is 34.1 Å². The molecule has 0 saturated carbocycles. The molecule has 20 heavy (non-hydrogen) atoms. The summed E-state index contributed by atoms with van der Waals surface area (Å²) in [6.45, 7) is 12.8. The van der Waals surface area contributed by atoms with E-state index >= 15 is 0 Å². The molecule has 4 nitrogen and oxygen atoms in total. The summed E-state index contributed by atoms with van der Waals surface area (Å²) >= 11 is 3.46. The number of hydrogen-bond donors (Lipinski definition) is 1. The van der Waals surface area contributed by atoms with Crippen LogP contribution in [-0.4, -0.2) is 54.5 Å². The highest BCUT2D eigenvalue weighted by Crippen LogP contribution is 2.15. The van der Waals surface area contributed by atoms with Crippen molar-refractivity contribution in [3.8, 4) is 0 Å². The highest BCUT2D eigenvalue weighted by Gasteiger charge is 2.24. The van der Waals surface area contributed by atoms with Gasteiger partial charge in [0.2, 0.25) is 5.91 Å². The number of hydrogen-bond acceptors (Lipinski definition) is 3. The summed E-state index contributed by atoms with van der Waals surface area (Å²) in [5.41, 5.74) is 0. The van der Waals surface area contributed by atoms with Gasteiger partial charge in [-0.1, -0.05) is 43.6 Å². The Kier molecular flexibility index (Phi) is 8.07. The van der Waals surface area contributed by atoms with Gasteiger partial charge in [0, 0.05) is 25.7 Å². The Labute approximate surface area is 131 Å². The second kappa shape index (κ2) is 9.00. The fourth-order valence-electron chi connectivity index (χ4n) is 2.47. The molecule has 0 aromatic rings. The third-order valence-corrected chi connectivity index (χ3v) is 5.13. The molecule has 1 heterocycles. The first-order valence-electron chi connectivity index (χ1n) is 7.65. The molecular formula is C15H29BrN2O2. The number of nitrogens with one attached hydrogen (secondary N) is 1. The molecule has 1 rings (SSSR count). The summed E-state index contributed by atoms with van der Waals surface area (Å²) in [5.74, 6) is 1.04. The number of carbonyl (C=O) groups is 1. The third kappa shape index (κ3) is 6.10. The molecule has 5 heteroatoms. The van der Waals surface area contributed by atoms with Crippen molar-refractivity contribution in [2.45, 2.75) is 45.0 Å². The zero-order chi connectivity index (χ0) is 15.1. The van der Waals surface area contributed by atoms with Gasteiger partial charge in [0.05, 0.1) is 18.0 Å². The first kappa shape index (κ1) is 17.9. The van der Waals surface area contributed by atoms with Crippen LogP contribution in [0, 0.1) is 11.8 Å². The summed E-state index contributed by atoms with van der Waals surface area (Å²) < 4.78 is 5.41. The number of carbonyl (C=O) groups excluding carboxylic acids is 1. The topological polar surface area (TPSA) is 41.6 Å². The molecule has 0 spiro atoms. The number of amides is 1. The van der Waals surface area contributed by atoms with E-state index in [9.17, 15) is 4.79 Å². The molecule has 2 atom stereocenters. The molecule has 118 valence electrons. The molecule has 2 unspecified atom stereocenters. The highest BCUT2D eigenvalue weighted by atomic mass is 79.9. The molecular weight excluding hydrogens is 320 g/mol. The van der Waals surface area contributed by atoms with Crippen molar-refractivity contribution < 1.29 is 9.53 Å². The van der Waals surface area contributed by atoms with Gasteiger partial charge in [-0.15, -0.1) is 0 Å². The van der Waals surface area contributed by atoms with Gasteiger partial charge in [-0.2, -0.15) is 0 Å². The highest BCUT2D eigenvalue weighted by molar-refractivity contribution is 9.10. The minimum Gasteiger partial charge on any atom is -0.379 e. The minimum absolute atomic E-state index is 0.0991. The monoisotopic (exact) mass is 348 g/mol. The van der Waals surface area contributed by atoms with Crippen LogP contribution in [0.25, 0.3) is 0 Å². The van der Waals surface area contributed by atoms with E-state index in [0.29, 0.717) is 17.9 Å². The molecule has 1 fully saturated rings. The second-order valence-electron chi connectivity index (χ2n) is 6.32. The predicted octanol–water partition coefficient (Wildman–Crippen LogP) is 2.27. The van der Waals surface area contributed by atoms with Crippen LogP contribution in [0.3, 0.4) is 0 Å². The van der Waals surface area contributed by atoms with E-state index in [4.69, 9.17) is 4.74 Å². The van der Waals surface area contributed by atoms with Crippen molar-refractivity contribution in [3.63, 3.8) is 0 Å². The van der Waals surface area contributed by atoms with Gasteiger partial charge < -0.3 is 10.1 Å². The van der Waals surface area contributed by atoms with Crippen molar-refractivity contribution in [2.75, 3.05) is 32.8 Å². The molecule has 1 amide bonds. The molecule has 1 N–H and O–H groups in total. The Balaban J connectivity index is 2.49. The Hall–Kier alpha value is -0.130. The maximum atomic E-state index is 12.1. The summed E-state index contributed by atoms with van der Waals surface area (Å²) in [6, 6.07) is 0.412. The fraction of sp³-hybridized carbons (Fsp3) is 0.933. The van der Waals surface area contributed by atoms with E-state index in [1.165, 1.54) is 0 Å². The lowest BCUT2D eigenvalue weighted by atomic mass is 10.0. The van der Waals surface area contributed by atoms with Gasteiger partial charge in [-0.25, -0.2) is 0 Å². The van der Waals surface area contributed by atoms with Crippen LogP contribution in [0.4, 0.5) is 0 Å². The number of halogens is 1. The maximum absolute atomic E-state index is 12.1. The number of ether oxygens (including phenoxy) is 1. The lowest BCUT2D eigenvalue weighted by Crippen LogP contribution is -2.50. The second-order valence-corrected chi connectivity index (χ2v) is 7.31. The average molecular weight is 349 g/mol. The number of alkyl halides is 1. The largest absolute Gasteiger partial charge is 0.379 e. The van der Waals surface area contributed by atoms with Crippen LogP contribution in [0.2, 0.25) is 0 Å². The van der Waals surface area contributed by atoms with Gasteiger partial charge in [-0.3, -0.25) is 9.69 Å². The van der Waals surface area contributed by atoms with Gasteiger partial charge >= 0.3 is 0 Å². The van der Waals surface area contributed by atoms with E-state index in [-0.39, 0.29) is 10.7 Å². The molecule has 0 bridgehead atoms. The normalized spacial score (nSPS) is 20.1. The van der Waals surface area contributed by atoms with Gasteiger partial charge in [0.1, 0.15) is 0 Å². The lowest BCUT2D eigenvalue weighted by Gasteiger charge is -2.35. The molecule has 0 aromatic heterocycles. The van der Waals surface area contributed by atoms with Crippen LogP contribution in [0.5, 0.6) is 0 Å². The van der Waals surface area contributed by atoms with Crippen molar-refractivity contribution in [1.29, 1.82) is 0 Å². The molecule has 1 aliphatic heterocycles. The number of rotatable bonds is 7. The van der Waals surface area contributed by atoms with Gasteiger partial charge in [0.25, 0.3) is 0 Å². The Bertz CT molecular complexity index is 292. The Morgan fingerprint density at radius 2 is 1.85 bits per heavy atom. The standard InChI is InChI=1S/C15H29BrN2O2/c1-11(2)9-13(18-5-7-20-8-6-18)10-17-15(19)14(16)12(3)4/h11-14H,5-10H2,1-4H3,(H,17,19). The lowest BCUT2D eigenvalue weighted by molar-refractivity contribution is -0.121. The van der Waals surface area contributed by atoms with E-state index in [1.807, 2.05) is 13.8 Å². The zero-order valence-corrected chi connectivity index (χ0v) is 14.8. The Morgan fingerprint density at radius 1 is 1.25 bits per heavy atom. The Morgan fingerprint density at radius 3 is 2.35 bits per heavy atom. The average Bonchev–Trinajstić information content (AvgIpc) is 2.42. The van der Waals surface area contributed by atoms with E-state index in [2.05, 4.69) is 40.0 Å². The minimum atomic E-state index is -0.105. The van der Waals surface area contributed by atoms with Crippen LogP contribution < -0.4 is 5.32 Å². The summed E-state index contributed by atoms with van der Waals surface area (Å²) in [7, 11) is 0. The molecule has 1 saturated heterocycles. The smallest absolute Gasteiger partial charge is 0.234 e. The van der Waals surface area contributed by atoms with Crippen LogP contribution in [-0.2, 0) is 9.53 Å². The molecule has 0 aliphatic carbocycles. The fourth-order valence-corrected chi connectivity index (χ4v) is 2.63. The molecule has 0 aromatic carbocycles. The summed E-state index contributed by atoms with van der Waals surface area (Å²) in [5, 5.41) is 3.10. The van der Waals surface area contributed by atoms with Crippen molar-refractivity contribution in [1.82, 2.24) is 10.2 Å². The SMILES string of the molecule is CC(C)CC(CNC(=O)C(Br)C(C)C)N1CCOCC1.